The van der Waals surface area contributed by atoms with Gasteiger partial charge in [-0.25, -0.2) is 4.39 Å². The maximum absolute atomic E-state index is 13.1. The van der Waals surface area contributed by atoms with Gasteiger partial charge < -0.3 is 10.5 Å². The van der Waals surface area contributed by atoms with E-state index >= 15 is 0 Å². The Morgan fingerprint density at radius 1 is 1.11 bits per heavy atom. The van der Waals surface area contributed by atoms with E-state index in [9.17, 15) is 4.39 Å². The van der Waals surface area contributed by atoms with Gasteiger partial charge in [-0.2, -0.15) is 0 Å². The smallest absolute Gasteiger partial charge is 0.147 e. The zero-order valence-corrected chi connectivity index (χ0v) is 12.7. The molecule has 0 atom stereocenters. The van der Waals surface area contributed by atoms with E-state index in [2.05, 4.69) is 15.9 Å². The van der Waals surface area contributed by atoms with E-state index in [1.807, 2.05) is 0 Å². The molecule has 0 saturated heterocycles. The monoisotopic (exact) mass is 363 g/mol. The molecule has 2 nitrogen and oxygen atoms in total. The lowest BCUT2D eigenvalue weighted by Gasteiger charge is -2.12. The predicted molar refractivity (Wildman–Crippen MR) is 78.5 cm³/mol. The molecule has 0 heterocycles. The minimum absolute atomic E-state index is 0.162. The average molecular weight is 365 g/mol. The van der Waals surface area contributed by atoms with Gasteiger partial charge in [-0.3, -0.25) is 0 Å². The zero-order valence-electron chi connectivity index (χ0n) is 9.59. The number of benzene rings is 2. The Bertz CT molecular complexity index is 622. The summed E-state index contributed by atoms with van der Waals surface area (Å²) in [6, 6.07) is 7.33. The number of hydrogen-bond acceptors (Lipinski definition) is 2. The molecule has 0 bridgehead atoms. The summed E-state index contributed by atoms with van der Waals surface area (Å²) in [5, 5.41) is 0.861. The van der Waals surface area contributed by atoms with Crippen LogP contribution in [0.5, 0.6) is 11.5 Å². The Hall–Kier alpha value is -0.810. The summed E-state index contributed by atoms with van der Waals surface area (Å²) < 4.78 is 19.4. The third kappa shape index (κ3) is 3.39. The fourth-order valence-electron chi connectivity index (χ4n) is 1.51. The van der Waals surface area contributed by atoms with Crippen molar-refractivity contribution in [3.63, 3.8) is 0 Å². The van der Waals surface area contributed by atoms with Gasteiger partial charge in [-0.1, -0.05) is 23.2 Å². The van der Waals surface area contributed by atoms with E-state index in [0.717, 1.165) is 0 Å². The standard InChI is InChI=1S/C13H9BrCl2FNO/c14-9-4-11(16)13(5-10(9)15)19-12-2-1-8(17)3-7(12)6-18/h1-5H,6,18H2. The first-order valence-corrected chi connectivity index (χ1v) is 6.87. The largest absolute Gasteiger partial charge is 0.455 e. The van der Waals surface area contributed by atoms with Crippen molar-refractivity contribution in [1.82, 2.24) is 0 Å². The number of hydrogen-bond donors (Lipinski definition) is 1. The second-order valence-corrected chi connectivity index (χ2v) is 5.42. The van der Waals surface area contributed by atoms with Crippen LogP contribution in [0.15, 0.2) is 34.8 Å². The van der Waals surface area contributed by atoms with Gasteiger partial charge in [0.05, 0.1) is 10.0 Å². The van der Waals surface area contributed by atoms with Crippen LogP contribution < -0.4 is 10.5 Å². The lowest BCUT2D eigenvalue weighted by molar-refractivity contribution is 0.474. The van der Waals surface area contributed by atoms with Gasteiger partial charge in [0.2, 0.25) is 0 Å². The van der Waals surface area contributed by atoms with Crippen LogP contribution in [-0.2, 0) is 6.54 Å². The molecule has 100 valence electrons. The quantitative estimate of drug-likeness (QED) is 0.764. The molecule has 0 aromatic heterocycles. The number of halogens is 4. The molecule has 2 aromatic carbocycles. The SMILES string of the molecule is NCc1cc(F)ccc1Oc1cc(Cl)c(Br)cc1Cl. The molecule has 0 unspecified atom stereocenters. The molecule has 0 aliphatic carbocycles. The van der Waals surface area contributed by atoms with Crippen LogP contribution in [0.3, 0.4) is 0 Å². The summed E-state index contributed by atoms with van der Waals surface area (Å²) in [6.07, 6.45) is 0. The normalized spacial score (nSPS) is 10.6. The van der Waals surface area contributed by atoms with Gasteiger partial charge in [0.15, 0.2) is 0 Å². The van der Waals surface area contributed by atoms with Crippen molar-refractivity contribution in [3.8, 4) is 11.5 Å². The third-order valence-corrected chi connectivity index (χ3v) is 3.93. The molecule has 19 heavy (non-hydrogen) atoms. The molecule has 2 rings (SSSR count). The van der Waals surface area contributed by atoms with E-state index in [0.29, 0.717) is 31.6 Å². The van der Waals surface area contributed by atoms with Crippen molar-refractivity contribution < 1.29 is 9.13 Å². The van der Waals surface area contributed by atoms with Crippen LogP contribution in [-0.4, -0.2) is 0 Å². The molecule has 0 aliphatic heterocycles. The van der Waals surface area contributed by atoms with Crippen LogP contribution in [0.4, 0.5) is 4.39 Å². The molecule has 0 amide bonds. The summed E-state index contributed by atoms with van der Waals surface area (Å²) >= 11 is 15.3. The minimum atomic E-state index is -0.368. The molecular formula is C13H9BrCl2FNO. The first-order chi connectivity index (χ1) is 9.01. The van der Waals surface area contributed by atoms with Gasteiger partial charge in [0.25, 0.3) is 0 Å². The zero-order chi connectivity index (χ0) is 14.0. The van der Waals surface area contributed by atoms with Gasteiger partial charge in [0, 0.05) is 22.6 Å². The molecule has 2 aromatic rings. The van der Waals surface area contributed by atoms with E-state index in [-0.39, 0.29) is 12.4 Å². The molecule has 2 N–H and O–H groups in total. The summed E-state index contributed by atoms with van der Waals surface area (Å²) in [5.41, 5.74) is 6.10. The maximum Gasteiger partial charge on any atom is 0.147 e. The number of ether oxygens (including phenoxy) is 1. The highest BCUT2D eigenvalue weighted by Gasteiger charge is 2.10. The number of rotatable bonds is 3. The second-order valence-electron chi connectivity index (χ2n) is 3.75. The summed E-state index contributed by atoms with van der Waals surface area (Å²) in [7, 11) is 0. The predicted octanol–water partition coefficient (Wildman–Crippen LogP) is 5.15. The fraction of sp³-hybridized carbons (Fsp3) is 0.0769. The van der Waals surface area contributed by atoms with Crippen LogP contribution in [0, 0.1) is 5.82 Å². The Morgan fingerprint density at radius 2 is 1.84 bits per heavy atom. The lowest BCUT2D eigenvalue weighted by Crippen LogP contribution is -2.00. The lowest BCUT2D eigenvalue weighted by atomic mass is 10.2. The molecule has 0 spiro atoms. The maximum atomic E-state index is 13.1. The van der Waals surface area contributed by atoms with Crippen LogP contribution in [0.2, 0.25) is 10.0 Å². The van der Waals surface area contributed by atoms with Crippen molar-refractivity contribution in [2.45, 2.75) is 6.54 Å². The average Bonchev–Trinajstić information content (AvgIpc) is 2.37. The van der Waals surface area contributed by atoms with Crippen molar-refractivity contribution in [1.29, 1.82) is 0 Å². The van der Waals surface area contributed by atoms with Gasteiger partial charge in [-0.05, 0) is 40.2 Å². The van der Waals surface area contributed by atoms with E-state index < -0.39 is 0 Å². The van der Waals surface area contributed by atoms with Crippen molar-refractivity contribution in [2.24, 2.45) is 5.73 Å². The first kappa shape index (κ1) is 14.6. The molecule has 0 aliphatic rings. The van der Waals surface area contributed by atoms with E-state index in [1.54, 1.807) is 12.1 Å². The fourth-order valence-corrected chi connectivity index (χ4v) is 2.34. The minimum Gasteiger partial charge on any atom is -0.455 e. The second kappa shape index (κ2) is 6.09. The molecule has 0 fully saturated rings. The summed E-state index contributed by atoms with van der Waals surface area (Å²) in [5.74, 6) is 0.466. The number of nitrogens with two attached hydrogens (primary N) is 1. The molecular weight excluding hydrogens is 356 g/mol. The molecule has 6 heteroatoms. The highest BCUT2D eigenvalue weighted by Crippen LogP contribution is 2.37. The third-order valence-electron chi connectivity index (χ3n) is 2.44. The summed E-state index contributed by atoms with van der Waals surface area (Å²) in [4.78, 5) is 0. The molecule has 0 radical (unpaired) electrons. The topological polar surface area (TPSA) is 35.2 Å². The van der Waals surface area contributed by atoms with Crippen molar-refractivity contribution >= 4 is 39.1 Å². The Labute approximate surface area is 128 Å². The Balaban J connectivity index is 2.39. The van der Waals surface area contributed by atoms with Crippen molar-refractivity contribution in [2.75, 3.05) is 0 Å². The highest BCUT2D eigenvalue weighted by atomic mass is 79.9. The first-order valence-electron chi connectivity index (χ1n) is 5.32. The Morgan fingerprint density at radius 3 is 2.53 bits per heavy atom. The summed E-state index contributed by atoms with van der Waals surface area (Å²) in [6.45, 7) is 0.162. The van der Waals surface area contributed by atoms with Gasteiger partial charge >= 0.3 is 0 Å². The van der Waals surface area contributed by atoms with Crippen LogP contribution in [0.1, 0.15) is 5.56 Å². The van der Waals surface area contributed by atoms with Gasteiger partial charge in [-0.15, -0.1) is 0 Å². The van der Waals surface area contributed by atoms with E-state index in [4.69, 9.17) is 33.7 Å². The Kier molecular flexibility index (Phi) is 4.68. The highest BCUT2D eigenvalue weighted by molar-refractivity contribution is 9.10. The van der Waals surface area contributed by atoms with Crippen LogP contribution >= 0.6 is 39.1 Å². The molecule has 0 saturated carbocycles. The van der Waals surface area contributed by atoms with Crippen molar-refractivity contribution in [3.05, 3.63) is 56.2 Å². The van der Waals surface area contributed by atoms with Gasteiger partial charge in [0.1, 0.15) is 17.3 Å². The van der Waals surface area contributed by atoms with E-state index in [1.165, 1.54) is 18.2 Å². The van der Waals surface area contributed by atoms with Crippen LogP contribution in [0.25, 0.3) is 0 Å².